The number of fused-ring (bicyclic) bond motifs is 1. The van der Waals surface area contributed by atoms with Crippen LogP contribution in [0.2, 0.25) is 0 Å². The molecule has 0 atom stereocenters. The van der Waals surface area contributed by atoms with Crippen molar-refractivity contribution >= 4 is 22.5 Å². The predicted molar refractivity (Wildman–Crippen MR) is 114 cm³/mol. The van der Waals surface area contributed by atoms with Gasteiger partial charge in [0.05, 0.1) is 23.3 Å². The second kappa shape index (κ2) is 7.74. The van der Waals surface area contributed by atoms with Gasteiger partial charge in [0.1, 0.15) is 5.69 Å². The van der Waals surface area contributed by atoms with Crippen LogP contribution in [0, 0.1) is 0 Å². The first-order chi connectivity index (χ1) is 14.3. The second-order valence-electron chi connectivity index (χ2n) is 7.74. The minimum atomic E-state index is -0.217. The molecule has 0 unspecified atom stereocenters. The summed E-state index contributed by atoms with van der Waals surface area (Å²) in [6, 6.07) is 8.41. The van der Waals surface area contributed by atoms with Crippen molar-refractivity contribution < 1.29 is 4.79 Å². The number of benzene rings is 1. The zero-order valence-corrected chi connectivity index (χ0v) is 17.3. The largest absolute Gasteiger partial charge is 0.368 e. The number of aromatic nitrogens is 4. The van der Waals surface area contributed by atoms with Gasteiger partial charge in [0.25, 0.3) is 17.0 Å². The van der Waals surface area contributed by atoms with E-state index in [0.29, 0.717) is 37.1 Å². The standard InChI is InChI=1S/C21H24N6O3/c1-14(2)27-19(28)7-6-17(23-27)21(30)26-10-8-25(9-11-26)15-4-5-16-18(12-15)22-13-24(3)20(16)29/h4-7,12-14H,8-11H2,1-3H3. The van der Waals surface area contributed by atoms with Crippen molar-refractivity contribution in [3.63, 3.8) is 0 Å². The normalized spacial score (nSPS) is 14.5. The monoisotopic (exact) mass is 408 g/mol. The van der Waals surface area contributed by atoms with Gasteiger partial charge in [-0.05, 0) is 38.1 Å². The van der Waals surface area contributed by atoms with Gasteiger partial charge in [0, 0.05) is 45.0 Å². The lowest BCUT2D eigenvalue weighted by Gasteiger charge is -2.36. The van der Waals surface area contributed by atoms with E-state index >= 15 is 0 Å². The quantitative estimate of drug-likeness (QED) is 0.643. The van der Waals surface area contributed by atoms with Crippen molar-refractivity contribution in [1.29, 1.82) is 0 Å². The molecule has 1 fully saturated rings. The van der Waals surface area contributed by atoms with Gasteiger partial charge in [-0.1, -0.05) is 0 Å². The Morgan fingerprint density at radius 1 is 1.03 bits per heavy atom. The maximum absolute atomic E-state index is 12.9. The number of amides is 1. The molecule has 9 heteroatoms. The Labute approximate surface area is 173 Å². The van der Waals surface area contributed by atoms with Crippen molar-refractivity contribution in [3.05, 3.63) is 63.1 Å². The average Bonchev–Trinajstić information content (AvgIpc) is 2.76. The molecule has 0 spiro atoms. The summed E-state index contributed by atoms with van der Waals surface area (Å²) in [7, 11) is 1.68. The number of carbonyl (C=O) groups excluding carboxylic acids is 1. The summed E-state index contributed by atoms with van der Waals surface area (Å²) >= 11 is 0. The Hall–Kier alpha value is -3.49. The lowest BCUT2D eigenvalue weighted by Crippen LogP contribution is -2.49. The molecule has 9 nitrogen and oxygen atoms in total. The van der Waals surface area contributed by atoms with E-state index in [2.05, 4.69) is 15.0 Å². The van der Waals surface area contributed by atoms with Gasteiger partial charge in [-0.25, -0.2) is 9.67 Å². The molecule has 1 aliphatic rings. The van der Waals surface area contributed by atoms with Crippen LogP contribution in [0.3, 0.4) is 0 Å². The molecule has 1 saturated heterocycles. The highest BCUT2D eigenvalue weighted by Gasteiger charge is 2.24. The van der Waals surface area contributed by atoms with Gasteiger partial charge in [-0.2, -0.15) is 5.10 Å². The molecular formula is C21H24N6O3. The molecule has 1 amide bonds. The molecule has 0 aliphatic carbocycles. The van der Waals surface area contributed by atoms with Gasteiger partial charge in [0.15, 0.2) is 0 Å². The van der Waals surface area contributed by atoms with Gasteiger partial charge < -0.3 is 14.4 Å². The molecule has 2 aromatic heterocycles. The average molecular weight is 408 g/mol. The first-order valence-corrected chi connectivity index (χ1v) is 9.94. The number of nitrogens with zero attached hydrogens (tertiary/aromatic N) is 6. The fraction of sp³-hybridized carbons (Fsp3) is 0.381. The Bertz CT molecular complexity index is 1220. The fourth-order valence-corrected chi connectivity index (χ4v) is 3.63. The van der Waals surface area contributed by atoms with E-state index < -0.39 is 0 Å². The minimum Gasteiger partial charge on any atom is -0.368 e. The summed E-state index contributed by atoms with van der Waals surface area (Å²) in [5.41, 5.74) is 1.63. The third-order valence-corrected chi connectivity index (χ3v) is 5.37. The first kappa shape index (κ1) is 19.8. The number of piperazine rings is 1. The molecule has 156 valence electrons. The smallest absolute Gasteiger partial charge is 0.274 e. The molecule has 3 heterocycles. The molecular weight excluding hydrogens is 384 g/mol. The van der Waals surface area contributed by atoms with Gasteiger partial charge in [-0.15, -0.1) is 0 Å². The zero-order valence-electron chi connectivity index (χ0n) is 17.3. The van der Waals surface area contributed by atoms with Crippen LogP contribution < -0.4 is 16.0 Å². The van der Waals surface area contributed by atoms with Crippen LogP contribution >= 0.6 is 0 Å². The molecule has 0 saturated carbocycles. The van der Waals surface area contributed by atoms with Gasteiger partial charge in [0.2, 0.25) is 0 Å². The maximum atomic E-state index is 12.9. The van der Waals surface area contributed by atoms with E-state index in [1.165, 1.54) is 27.7 Å². The maximum Gasteiger partial charge on any atom is 0.274 e. The molecule has 0 radical (unpaired) electrons. The summed E-state index contributed by atoms with van der Waals surface area (Å²) in [4.78, 5) is 45.2. The van der Waals surface area contributed by atoms with Crippen LogP contribution in [0.1, 0.15) is 30.4 Å². The molecule has 30 heavy (non-hydrogen) atoms. The lowest BCUT2D eigenvalue weighted by molar-refractivity contribution is 0.0737. The first-order valence-electron chi connectivity index (χ1n) is 9.94. The second-order valence-corrected chi connectivity index (χ2v) is 7.74. The van der Waals surface area contributed by atoms with Crippen molar-refractivity contribution in [2.45, 2.75) is 19.9 Å². The summed E-state index contributed by atoms with van der Waals surface area (Å²) in [6.07, 6.45) is 1.52. The Kier molecular flexibility index (Phi) is 5.11. The number of hydrogen-bond donors (Lipinski definition) is 0. The van der Waals surface area contributed by atoms with Crippen LogP contribution in [0.4, 0.5) is 5.69 Å². The van der Waals surface area contributed by atoms with Crippen LogP contribution in [0.15, 0.2) is 46.2 Å². The molecule has 4 rings (SSSR count). The van der Waals surface area contributed by atoms with E-state index in [1.54, 1.807) is 18.0 Å². The molecule has 0 bridgehead atoms. The number of anilines is 1. The van der Waals surface area contributed by atoms with Crippen molar-refractivity contribution in [1.82, 2.24) is 24.2 Å². The number of carbonyl (C=O) groups is 1. The van der Waals surface area contributed by atoms with Crippen LogP contribution in [0.5, 0.6) is 0 Å². The van der Waals surface area contributed by atoms with E-state index in [1.807, 2.05) is 26.0 Å². The summed E-state index contributed by atoms with van der Waals surface area (Å²) < 4.78 is 2.79. The molecule has 1 aliphatic heterocycles. The SMILES string of the molecule is CC(C)n1nc(C(=O)N2CCN(c3ccc4c(=O)n(C)cnc4c3)CC2)ccc1=O. The molecule has 1 aromatic carbocycles. The molecule has 0 N–H and O–H groups in total. The van der Waals surface area contributed by atoms with Crippen LogP contribution in [-0.2, 0) is 7.05 Å². The highest BCUT2D eigenvalue weighted by atomic mass is 16.2. The van der Waals surface area contributed by atoms with E-state index in [-0.39, 0.29) is 28.8 Å². The summed E-state index contributed by atoms with van der Waals surface area (Å²) in [6.45, 7) is 6.12. The Balaban J connectivity index is 1.49. The summed E-state index contributed by atoms with van der Waals surface area (Å²) in [5, 5.41) is 4.82. The van der Waals surface area contributed by atoms with E-state index in [0.717, 1.165) is 5.69 Å². The number of aryl methyl sites for hydroxylation is 1. The topological polar surface area (TPSA) is 93.3 Å². The van der Waals surface area contributed by atoms with Gasteiger partial charge in [-0.3, -0.25) is 14.4 Å². The predicted octanol–water partition coefficient (Wildman–Crippen LogP) is 1.03. The highest BCUT2D eigenvalue weighted by Crippen LogP contribution is 2.21. The fourth-order valence-electron chi connectivity index (χ4n) is 3.63. The number of rotatable bonds is 3. The van der Waals surface area contributed by atoms with Crippen LogP contribution in [0.25, 0.3) is 10.9 Å². The van der Waals surface area contributed by atoms with E-state index in [4.69, 9.17) is 0 Å². The highest BCUT2D eigenvalue weighted by molar-refractivity contribution is 5.92. The third kappa shape index (κ3) is 3.58. The van der Waals surface area contributed by atoms with E-state index in [9.17, 15) is 14.4 Å². The van der Waals surface area contributed by atoms with Crippen LogP contribution in [-0.4, -0.2) is 56.3 Å². The lowest BCUT2D eigenvalue weighted by atomic mass is 10.2. The summed E-state index contributed by atoms with van der Waals surface area (Å²) in [5.74, 6) is -0.173. The van der Waals surface area contributed by atoms with Crippen molar-refractivity contribution in [3.8, 4) is 0 Å². The Morgan fingerprint density at radius 3 is 2.47 bits per heavy atom. The third-order valence-electron chi connectivity index (χ3n) is 5.37. The number of hydrogen-bond acceptors (Lipinski definition) is 6. The minimum absolute atomic E-state index is 0.0720. The van der Waals surface area contributed by atoms with Gasteiger partial charge >= 0.3 is 0 Å². The van der Waals surface area contributed by atoms with Crippen molar-refractivity contribution in [2.75, 3.05) is 31.1 Å². The molecule has 3 aromatic rings. The Morgan fingerprint density at radius 2 is 1.77 bits per heavy atom. The zero-order chi connectivity index (χ0) is 21.4. The van der Waals surface area contributed by atoms with Crippen molar-refractivity contribution in [2.24, 2.45) is 7.05 Å².